The first-order chi connectivity index (χ1) is 14.9. The van der Waals surface area contributed by atoms with Crippen LogP contribution in [0.15, 0.2) is 84.9 Å². The molecule has 0 saturated heterocycles. The number of carboxylic acid groups (broad SMARTS) is 2. The Morgan fingerprint density at radius 2 is 1.23 bits per heavy atom. The summed E-state index contributed by atoms with van der Waals surface area (Å²) in [5.41, 5.74) is 3.02. The quantitative estimate of drug-likeness (QED) is 0.421. The first-order valence-corrected chi connectivity index (χ1v) is 9.43. The van der Waals surface area contributed by atoms with Crippen LogP contribution < -0.4 is 5.32 Å². The van der Waals surface area contributed by atoms with E-state index in [1.54, 1.807) is 36.4 Å². The zero-order valence-corrected chi connectivity index (χ0v) is 16.2. The maximum atomic E-state index is 12.8. The number of amides is 1. The van der Waals surface area contributed by atoms with Crippen LogP contribution in [0.5, 0.6) is 0 Å². The van der Waals surface area contributed by atoms with Crippen molar-refractivity contribution in [3.8, 4) is 11.1 Å². The lowest BCUT2D eigenvalue weighted by Crippen LogP contribution is -2.12. The summed E-state index contributed by atoms with van der Waals surface area (Å²) in [6.45, 7) is 0. The average Bonchev–Trinajstić information content (AvgIpc) is 2.78. The zero-order chi connectivity index (χ0) is 22.0. The summed E-state index contributed by atoms with van der Waals surface area (Å²) in [6.07, 6.45) is 0. The van der Waals surface area contributed by atoms with E-state index in [0.717, 1.165) is 21.9 Å². The third-order valence-corrected chi connectivity index (χ3v) is 4.98. The lowest BCUT2D eigenvalue weighted by atomic mass is 9.96. The number of fused-ring (bicyclic) bond motifs is 1. The molecule has 0 aromatic heterocycles. The van der Waals surface area contributed by atoms with E-state index in [-0.39, 0.29) is 17.0 Å². The summed E-state index contributed by atoms with van der Waals surface area (Å²) >= 11 is 0. The highest BCUT2D eigenvalue weighted by Gasteiger charge is 2.11. The summed E-state index contributed by atoms with van der Waals surface area (Å²) in [7, 11) is 0. The van der Waals surface area contributed by atoms with Gasteiger partial charge in [-0.2, -0.15) is 0 Å². The minimum absolute atomic E-state index is 0.141. The Labute approximate surface area is 177 Å². The van der Waals surface area contributed by atoms with Crippen molar-refractivity contribution in [1.82, 2.24) is 0 Å². The molecular formula is C25H17NO5. The van der Waals surface area contributed by atoms with Crippen molar-refractivity contribution in [2.75, 3.05) is 5.32 Å². The molecule has 0 aliphatic carbocycles. The van der Waals surface area contributed by atoms with E-state index < -0.39 is 11.9 Å². The number of anilines is 1. The van der Waals surface area contributed by atoms with Crippen LogP contribution >= 0.6 is 0 Å². The van der Waals surface area contributed by atoms with E-state index in [9.17, 15) is 14.4 Å². The Balaban J connectivity index is 1.66. The standard InChI is InChI=1S/C25H17NO5/c27-23(26-20-12-10-18(11-13-20)25(30)31)19-9-6-15-2-1-3-21(22(15)14-19)16-4-7-17(8-5-16)24(28)29/h1-14H,(H,26,27)(H,28,29)(H,30,31). The number of carbonyl (C=O) groups excluding carboxylic acids is 1. The highest BCUT2D eigenvalue weighted by molar-refractivity contribution is 6.08. The number of nitrogens with one attached hydrogen (secondary N) is 1. The molecule has 0 saturated carbocycles. The molecule has 0 heterocycles. The molecule has 3 N–H and O–H groups in total. The molecule has 4 aromatic carbocycles. The second-order valence-electron chi connectivity index (χ2n) is 6.96. The van der Waals surface area contributed by atoms with Crippen molar-refractivity contribution < 1.29 is 24.6 Å². The maximum Gasteiger partial charge on any atom is 0.335 e. The molecule has 0 spiro atoms. The van der Waals surface area contributed by atoms with Gasteiger partial charge in [-0.15, -0.1) is 0 Å². The molecular weight excluding hydrogens is 394 g/mol. The fourth-order valence-electron chi connectivity index (χ4n) is 3.36. The third-order valence-electron chi connectivity index (χ3n) is 4.98. The smallest absolute Gasteiger partial charge is 0.335 e. The van der Waals surface area contributed by atoms with Crippen LogP contribution in [0, 0.1) is 0 Å². The van der Waals surface area contributed by atoms with E-state index >= 15 is 0 Å². The normalized spacial score (nSPS) is 10.6. The van der Waals surface area contributed by atoms with Gasteiger partial charge in [0.25, 0.3) is 5.91 Å². The van der Waals surface area contributed by atoms with Gasteiger partial charge in [0.1, 0.15) is 0 Å². The second-order valence-corrected chi connectivity index (χ2v) is 6.96. The number of benzene rings is 4. The average molecular weight is 411 g/mol. The Kier molecular flexibility index (Phi) is 5.20. The van der Waals surface area contributed by atoms with Crippen LogP contribution in [0.4, 0.5) is 5.69 Å². The summed E-state index contributed by atoms with van der Waals surface area (Å²) in [4.78, 5) is 34.8. The molecule has 0 aliphatic rings. The second kappa shape index (κ2) is 8.12. The highest BCUT2D eigenvalue weighted by atomic mass is 16.4. The lowest BCUT2D eigenvalue weighted by molar-refractivity contribution is 0.0686. The molecule has 0 unspecified atom stereocenters. The van der Waals surface area contributed by atoms with Gasteiger partial charge in [0, 0.05) is 11.3 Å². The van der Waals surface area contributed by atoms with Crippen molar-refractivity contribution in [3.63, 3.8) is 0 Å². The van der Waals surface area contributed by atoms with Crippen LogP contribution in [0.3, 0.4) is 0 Å². The van der Waals surface area contributed by atoms with Gasteiger partial charge in [0.15, 0.2) is 0 Å². The topological polar surface area (TPSA) is 104 Å². The Bertz CT molecular complexity index is 1310. The van der Waals surface area contributed by atoms with Crippen molar-refractivity contribution in [2.24, 2.45) is 0 Å². The van der Waals surface area contributed by atoms with Gasteiger partial charge >= 0.3 is 11.9 Å². The lowest BCUT2D eigenvalue weighted by Gasteiger charge is -2.10. The number of carboxylic acids is 2. The summed E-state index contributed by atoms with van der Waals surface area (Å²) in [6, 6.07) is 23.7. The summed E-state index contributed by atoms with van der Waals surface area (Å²) in [5.74, 6) is -2.34. The van der Waals surface area contributed by atoms with E-state index in [4.69, 9.17) is 10.2 Å². The molecule has 6 nitrogen and oxygen atoms in total. The van der Waals surface area contributed by atoms with E-state index in [1.165, 1.54) is 24.3 Å². The van der Waals surface area contributed by atoms with Crippen molar-refractivity contribution in [1.29, 1.82) is 0 Å². The van der Waals surface area contributed by atoms with Gasteiger partial charge in [-0.25, -0.2) is 9.59 Å². The van der Waals surface area contributed by atoms with E-state index in [2.05, 4.69) is 5.32 Å². The van der Waals surface area contributed by atoms with Crippen LogP contribution in [-0.4, -0.2) is 28.1 Å². The predicted molar refractivity (Wildman–Crippen MR) is 118 cm³/mol. The minimum atomic E-state index is -1.03. The van der Waals surface area contributed by atoms with Crippen molar-refractivity contribution in [2.45, 2.75) is 0 Å². The molecule has 0 radical (unpaired) electrons. The zero-order valence-electron chi connectivity index (χ0n) is 16.2. The molecule has 6 heteroatoms. The van der Waals surface area contributed by atoms with Gasteiger partial charge in [-0.1, -0.05) is 36.4 Å². The number of hydrogen-bond donors (Lipinski definition) is 3. The Morgan fingerprint density at radius 3 is 1.84 bits per heavy atom. The number of rotatable bonds is 5. The van der Waals surface area contributed by atoms with Crippen LogP contribution in [-0.2, 0) is 0 Å². The van der Waals surface area contributed by atoms with E-state index in [0.29, 0.717) is 11.3 Å². The van der Waals surface area contributed by atoms with Crippen molar-refractivity contribution >= 4 is 34.3 Å². The third kappa shape index (κ3) is 4.13. The molecule has 31 heavy (non-hydrogen) atoms. The van der Waals surface area contributed by atoms with Gasteiger partial charge in [0.05, 0.1) is 11.1 Å². The number of aromatic carboxylic acids is 2. The molecule has 4 aromatic rings. The van der Waals surface area contributed by atoms with Crippen LogP contribution in [0.2, 0.25) is 0 Å². The highest BCUT2D eigenvalue weighted by Crippen LogP contribution is 2.30. The summed E-state index contributed by atoms with van der Waals surface area (Å²) in [5, 5.41) is 22.7. The van der Waals surface area contributed by atoms with Gasteiger partial charge < -0.3 is 15.5 Å². The first kappa shape index (κ1) is 19.8. The first-order valence-electron chi connectivity index (χ1n) is 9.43. The SMILES string of the molecule is O=C(O)c1ccc(NC(=O)c2ccc3cccc(-c4ccc(C(=O)O)cc4)c3c2)cc1. The van der Waals surface area contributed by atoms with Gasteiger partial charge in [-0.3, -0.25) is 4.79 Å². The van der Waals surface area contributed by atoms with E-state index in [1.807, 2.05) is 24.3 Å². The van der Waals surface area contributed by atoms with Gasteiger partial charge in [0.2, 0.25) is 0 Å². The Hall–Kier alpha value is -4.45. The molecule has 4 rings (SSSR count). The fourth-order valence-corrected chi connectivity index (χ4v) is 3.36. The summed E-state index contributed by atoms with van der Waals surface area (Å²) < 4.78 is 0. The monoisotopic (exact) mass is 411 g/mol. The molecule has 0 atom stereocenters. The van der Waals surface area contributed by atoms with Crippen LogP contribution in [0.25, 0.3) is 21.9 Å². The minimum Gasteiger partial charge on any atom is -0.478 e. The fraction of sp³-hybridized carbons (Fsp3) is 0. The molecule has 0 fully saturated rings. The van der Waals surface area contributed by atoms with Gasteiger partial charge in [-0.05, 0) is 70.4 Å². The Morgan fingerprint density at radius 1 is 0.645 bits per heavy atom. The van der Waals surface area contributed by atoms with Crippen molar-refractivity contribution in [3.05, 3.63) is 102 Å². The molecule has 152 valence electrons. The molecule has 0 aliphatic heterocycles. The number of hydrogen-bond acceptors (Lipinski definition) is 3. The predicted octanol–water partition coefficient (Wildman–Crippen LogP) is 5.16. The van der Waals surface area contributed by atoms with Crippen LogP contribution in [0.1, 0.15) is 31.1 Å². The maximum absolute atomic E-state index is 12.8. The molecule has 0 bridgehead atoms. The molecule has 1 amide bonds. The number of carbonyl (C=O) groups is 3. The largest absolute Gasteiger partial charge is 0.478 e.